The molecule has 3 heterocycles. The van der Waals surface area contributed by atoms with Crippen molar-refractivity contribution >= 4 is 11.8 Å². The molecule has 0 aliphatic carbocycles. The number of hydrogen-bond acceptors (Lipinski definition) is 4. The average Bonchev–Trinajstić information content (AvgIpc) is 2.76. The predicted octanol–water partition coefficient (Wildman–Crippen LogP) is 6.39. The maximum atomic E-state index is 9.26. The highest BCUT2D eigenvalue weighted by Gasteiger charge is 2.42. The largest absolute Gasteiger partial charge is 0.496 e. The van der Waals surface area contributed by atoms with Gasteiger partial charge >= 0.3 is 0 Å². The zero-order valence-electron chi connectivity index (χ0n) is 20.4. The van der Waals surface area contributed by atoms with Crippen molar-refractivity contribution in [3.63, 3.8) is 0 Å². The van der Waals surface area contributed by atoms with Crippen molar-refractivity contribution in [1.29, 1.82) is 5.26 Å². The van der Waals surface area contributed by atoms with Gasteiger partial charge in [-0.05, 0) is 72.1 Å². The molecule has 4 rings (SSSR count). The van der Waals surface area contributed by atoms with Gasteiger partial charge in [0.05, 0.1) is 19.8 Å². The average molecular weight is 442 g/mol. The molecule has 0 N–H and O–H groups in total. The van der Waals surface area contributed by atoms with Gasteiger partial charge in [-0.1, -0.05) is 27.7 Å². The lowest BCUT2D eigenvalue weighted by Gasteiger charge is -2.48. The van der Waals surface area contributed by atoms with Crippen LogP contribution in [0.4, 0.5) is 5.69 Å². The lowest BCUT2D eigenvalue weighted by molar-refractivity contribution is 0.318. The molecular formula is C28H31N3O2. The molecule has 0 saturated heterocycles. The standard InChI is InChI=1S/C28H31N3O2/c1-18-14-20(23(17-29)30-6)15-21(33-18)9-8-19-16-22-25-24(26(19)32-7)28(4,5)11-13-31(25)12-10-27(22,2)3/h8-9,14-16H,10-13H2,1-5,7H3. The van der Waals surface area contributed by atoms with Crippen LogP contribution in [0.1, 0.15) is 64.2 Å². The Hall–Kier alpha value is -3.44. The summed E-state index contributed by atoms with van der Waals surface area (Å²) >= 11 is 0. The van der Waals surface area contributed by atoms with Crippen molar-refractivity contribution in [2.24, 2.45) is 0 Å². The van der Waals surface area contributed by atoms with Crippen LogP contribution in [0.3, 0.4) is 0 Å². The number of methoxy groups -OCH3 is 1. The van der Waals surface area contributed by atoms with E-state index >= 15 is 0 Å². The summed E-state index contributed by atoms with van der Waals surface area (Å²) in [4.78, 5) is 5.87. The first-order valence-corrected chi connectivity index (χ1v) is 11.4. The number of hydrogen-bond donors (Lipinski definition) is 0. The zero-order valence-corrected chi connectivity index (χ0v) is 20.4. The van der Waals surface area contributed by atoms with E-state index in [1.54, 1.807) is 19.3 Å². The molecule has 1 aromatic rings. The van der Waals surface area contributed by atoms with Gasteiger partial charge in [0.2, 0.25) is 0 Å². The van der Waals surface area contributed by atoms with E-state index in [2.05, 4.69) is 43.5 Å². The van der Waals surface area contributed by atoms with Gasteiger partial charge in [0, 0.05) is 29.9 Å². The van der Waals surface area contributed by atoms with Gasteiger partial charge < -0.3 is 14.4 Å². The van der Waals surface area contributed by atoms with Gasteiger partial charge in [0.25, 0.3) is 5.70 Å². The summed E-state index contributed by atoms with van der Waals surface area (Å²) in [5.74, 6) is 2.15. The molecule has 3 aliphatic heterocycles. The predicted molar refractivity (Wildman–Crippen MR) is 132 cm³/mol. The second-order valence-corrected chi connectivity index (χ2v) is 10.3. The quantitative estimate of drug-likeness (QED) is 0.403. The molecule has 5 nitrogen and oxygen atoms in total. The second kappa shape index (κ2) is 8.16. The van der Waals surface area contributed by atoms with Crippen molar-refractivity contribution in [3.05, 3.63) is 75.2 Å². The number of anilines is 1. The first-order chi connectivity index (χ1) is 15.6. The van der Waals surface area contributed by atoms with Crippen LogP contribution in [0.2, 0.25) is 0 Å². The summed E-state index contributed by atoms with van der Waals surface area (Å²) in [6, 6.07) is 4.23. The van der Waals surface area contributed by atoms with Gasteiger partial charge in [-0.3, -0.25) is 0 Å². The molecule has 0 radical (unpaired) electrons. The van der Waals surface area contributed by atoms with Crippen LogP contribution in [0.5, 0.6) is 5.75 Å². The Labute approximate surface area is 197 Å². The topological polar surface area (TPSA) is 49.9 Å². The van der Waals surface area contributed by atoms with E-state index in [1.165, 1.54) is 16.8 Å². The van der Waals surface area contributed by atoms with E-state index in [9.17, 15) is 5.26 Å². The number of allylic oxidation sites excluding steroid dienone is 6. The van der Waals surface area contributed by atoms with Crippen molar-refractivity contribution in [1.82, 2.24) is 0 Å². The number of ether oxygens (including phenoxy) is 2. The van der Waals surface area contributed by atoms with Gasteiger partial charge in [-0.2, -0.15) is 0 Å². The molecule has 33 heavy (non-hydrogen) atoms. The Kier molecular flexibility index (Phi) is 5.62. The van der Waals surface area contributed by atoms with Crippen LogP contribution in [-0.4, -0.2) is 20.2 Å². The Bertz CT molecular complexity index is 1190. The third-order valence-corrected chi connectivity index (χ3v) is 7.07. The summed E-state index contributed by atoms with van der Waals surface area (Å²) in [6.07, 6.45) is 9.59. The van der Waals surface area contributed by atoms with Crippen LogP contribution in [0.25, 0.3) is 10.9 Å². The third-order valence-electron chi connectivity index (χ3n) is 7.07. The third kappa shape index (κ3) is 3.93. The Morgan fingerprint density at radius 2 is 1.88 bits per heavy atom. The zero-order chi connectivity index (χ0) is 24.0. The smallest absolute Gasteiger partial charge is 0.269 e. The molecule has 0 saturated carbocycles. The molecule has 0 unspecified atom stereocenters. The Balaban J connectivity index is 1.87. The van der Waals surface area contributed by atoms with E-state index in [1.807, 2.05) is 25.1 Å². The molecule has 0 atom stereocenters. The Morgan fingerprint density at radius 1 is 1.18 bits per heavy atom. The molecule has 0 bridgehead atoms. The fourth-order valence-electron chi connectivity index (χ4n) is 5.12. The normalized spacial score (nSPS) is 21.8. The molecule has 0 aromatic heterocycles. The fourth-order valence-corrected chi connectivity index (χ4v) is 5.12. The molecule has 1 aromatic carbocycles. The minimum absolute atomic E-state index is 0.0103. The monoisotopic (exact) mass is 441 g/mol. The van der Waals surface area contributed by atoms with Crippen LogP contribution < -0.4 is 9.64 Å². The minimum Gasteiger partial charge on any atom is -0.496 e. The first-order valence-electron chi connectivity index (χ1n) is 11.4. The highest BCUT2D eigenvalue weighted by molar-refractivity contribution is 5.78. The van der Waals surface area contributed by atoms with Gasteiger partial charge in [-0.15, -0.1) is 0 Å². The number of rotatable bonds is 3. The number of nitriles is 1. The fraction of sp³-hybridized carbons (Fsp3) is 0.429. The maximum Gasteiger partial charge on any atom is 0.269 e. The number of benzene rings is 1. The van der Waals surface area contributed by atoms with Crippen molar-refractivity contribution < 1.29 is 9.47 Å². The van der Waals surface area contributed by atoms with Gasteiger partial charge in [0.15, 0.2) is 0 Å². The summed E-state index contributed by atoms with van der Waals surface area (Å²) < 4.78 is 11.9. The van der Waals surface area contributed by atoms with E-state index in [0.717, 1.165) is 37.2 Å². The molecular weight excluding hydrogens is 410 g/mol. The molecule has 3 aliphatic rings. The SMILES string of the molecule is [C-]#[N+]C(C#N)=C1C=C(C)OC(C=Cc2cc3c4c(c2OC)C(C)(C)CCN4CCC3(C)C)=C1. The second-order valence-electron chi connectivity index (χ2n) is 10.3. The van der Waals surface area contributed by atoms with Crippen LogP contribution in [0.15, 0.2) is 47.1 Å². The van der Waals surface area contributed by atoms with E-state index in [4.69, 9.17) is 16.0 Å². The molecule has 0 amide bonds. The summed E-state index contributed by atoms with van der Waals surface area (Å²) in [5.41, 5.74) is 5.74. The van der Waals surface area contributed by atoms with Gasteiger partial charge in [-0.25, -0.2) is 10.1 Å². The molecule has 170 valence electrons. The summed E-state index contributed by atoms with van der Waals surface area (Å²) in [7, 11) is 1.75. The van der Waals surface area contributed by atoms with Crippen molar-refractivity contribution in [3.8, 4) is 11.8 Å². The maximum absolute atomic E-state index is 9.26. The lowest BCUT2D eigenvalue weighted by atomic mass is 9.68. The molecule has 0 spiro atoms. The highest BCUT2D eigenvalue weighted by atomic mass is 16.5. The van der Waals surface area contributed by atoms with E-state index in [0.29, 0.717) is 17.1 Å². The molecule has 0 fully saturated rings. The first kappa shape index (κ1) is 22.7. The van der Waals surface area contributed by atoms with Crippen molar-refractivity contribution in [2.45, 2.75) is 58.3 Å². The lowest BCUT2D eigenvalue weighted by Crippen LogP contribution is -2.45. The van der Waals surface area contributed by atoms with Crippen LogP contribution in [-0.2, 0) is 15.6 Å². The van der Waals surface area contributed by atoms with E-state index in [-0.39, 0.29) is 16.5 Å². The van der Waals surface area contributed by atoms with Crippen LogP contribution in [0, 0.1) is 17.9 Å². The number of nitrogens with zero attached hydrogens (tertiary/aromatic N) is 3. The highest BCUT2D eigenvalue weighted by Crippen LogP contribution is 2.53. The van der Waals surface area contributed by atoms with Crippen LogP contribution >= 0.6 is 0 Å². The molecule has 5 heteroatoms. The summed E-state index contributed by atoms with van der Waals surface area (Å²) in [6.45, 7) is 20.5. The minimum atomic E-state index is 0.0103. The summed E-state index contributed by atoms with van der Waals surface area (Å²) in [5, 5.41) is 9.26. The van der Waals surface area contributed by atoms with Gasteiger partial charge in [0.1, 0.15) is 17.3 Å². The van der Waals surface area contributed by atoms with Crippen molar-refractivity contribution in [2.75, 3.05) is 25.1 Å². The van der Waals surface area contributed by atoms with E-state index < -0.39 is 0 Å². The Morgan fingerprint density at radius 3 is 2.52 bits per heavy atom.